The van der Waals surface area contributed by atoms with E-state index >= 15 is 0 Å². The third-order valence-corrected chi connectivity index (χ3v) is 3.44. The molecule has 1 aliphatic carbocycles. The lowest BCUT2D eigenvalue weighted by Crippen LogP contribution is -2.35. The fraction of sp³-hybridized carbons (Fsp3) is 0.467. The highest BCUT2D eigenvalue weighted by Crippen LogP contribution is 2.18. The molecule has 0 saturated heterocycles. The summed E-state index contributed by atoms with van der Waals surface area (Å²) in [6.07, 6.45) is 5.19. The van der Waals surface area contributed by atoms with E-state index in [-0.39, 0.29) is 5.82 Å². The van der Waals surface area contributed by atoms with Gasteiger partial charge in [0.2, 0.25) is 0 Å². The number of hydrogen-bond donors (Lipinski definition) is 0. The highest BCUT2D eigenvalue weighted by molar-refractivity contribution is 5.54. The third kappa shape index (κ3) is 1.79. The molecule has 1 heteroatoms. The van der Waals surface area contributed by atoms with Crippen LogP contribution in [0, 0.1) is 11.7 Å². The van der Waals surface area contributed by atoms with Gasteiger partial charge < -0.3 is 0 Å². The molecule has 16 heavy (non-hydrogen) atoms. The molecule has 0 spiro atoms. The Morgan fingerprint density at radius 1 is 1.31 bits per heavy atom. The molecule has 0 atom stereocenters. The van der Waals surface area contributed by atoms with Crippen molar-refractivity contribution in [1.29, 1.82) is 0 Å². The zero-order valence-corrected chi connectivity index (χ0v) is 10.3. The van der Waals surface area contributed by atoms with Crippen LogP contribution in [0.2, 0.25) is 0 Å². The van der Waals surface area contributed by atoms with E-state index in [2.05, 4.69) is 19.9 Å². The predicted octanol–water partition coefficient (Wildman–Crippen LogP) is 2.77. The van der Waals surface area contributed by atoms with Crippen molar-refractivity contribution in [3.05, 3.63) is 34.0 Å². The second-order valence-corrected chi connectivity index (χ2v) is 4.77. The molecular formula is C15H19F. The van der Waals surface area contributed by atoms with Gasteiger partial charge in [0.25, 0.3) is 0 Å². The van der Waals surface area contributed by atoms with E-state index in [1.54, 1.807) is 6.07 Å². The Balaban J connectivity index is 2.89. The van der Waals surface area contributed by atoms with Gasteiger partial charge in [0, 0.05) is 0 Å². The first-order valence-corrected chi connectivity index (χ1v) is 6.15. The van der Waals surface area contributed by atoms with E-state index in [0.29, 0.717) is 5.92 Å². The van der Waals surface area contributed by atoms with Gasteiger partial charge in [-0.05, 0) is 47.2 Å². The highest BCUT2D eigenvalue weighted by Gasteiger charge is 2.13. The second kappa shape index (κ2) is 4.40. The molecular weight excluding hydrogens is 199 g/mol. The molecule has 0 amide bonds. The minimum atomic E-state index is -0.0466. The molecule has 0 aliphatic heterocycles. The number of halogens is 1. The number of rotatable bonds is 2. The largest absolute Gasteiger partial charge is 0.207 e. The molecule has 0 N–H and O–H groups in total. The Bertz CT molecular complexity index is 509. The zero-order valence-electron chi connectivity index (χ0n) is 10.3. The molecule has 0 bridgehead atoms. The summed E-state index contributed by atoms with van der Waals surface area (Å²) in [6, 6.07) is 3.53. The van der Waals surface area contributed by atoms with Crippen LogP contribution in [0.3, 0.4) is 0 Å². The van der Waals surface area contributed by atoms with E-state index in [9.17, 15) is 4.39 Å². The summed E-state index contributed by atoms with van der Waals surface area (Å²) in [7, 11) is 0. The average molecular weight is 218 g/mol. The standard InChI is InChI=1S/C15H19F/c1-4-12-14(16)9-8-11-6-5-7-13(10(2)3)15(11)12/h6,8-10H,4-5,7H2,1-3H3. The van der Waals surface area contributed by atoms with Crippen LogP contribution in [0.15, 0.2) is 12.1 Å². The van der Waals surface area contributed by atoms with Crippen LogP contribution >= 0.6 is 0 Å². The summed E-state index contributed by atoms with van der Waals surface area (Å²) in [5, 5.41) is 2.43. The number of benzene rings is 1. The van der Waals surface area contributed by atoms with E-state index in [1.807, 2.05) is 13.0 Å². The van der Waals surface area contributed by atoms with E-state index in [0.717, 1.165) is 24.8 Å². The lowest BCUT2D eigenvalue weighted by Gasteiger charge is -2.17. The second-order valence-electron chi connectivity index (χ2n) is 4.77. The maximum atomic E-state index is 13.8. The first kappa shape index (κ1) is 11.4. The van der Waals surface area contributed by atoms with Gasteiger partial charge in [0.1, 0.15) is 5.82 Å². The Morgan fingerprint density at radius 3 is 2.69 bits per heavy atom. The van der Waals surface area contributed by atoms with Crippen molar-refractivity contribution in [1.82, 2.24) is 0 Å². The maximum absolute atomic E-state index is 13.8. The van der Waals surface area contributed by atoms with Crippen LogP contribution in [0.1, 0.15) is 39.2 Å². The van der Waals surface area contributed by atoms with Crippen molar-refractivity contribution in [2.24, 2.45) is 5.92 Å². The highest BCUT2D eigenvalue weighted by atomic mass is 19.1. The summed E-state index contributed by atoms with van der Waals surface area (Å²) in [6.45, 7) is 6.44. The number of hydrogen-bond acceptors (Lipinski definition) is 0. The molecule has 1 aromatic rings. The Hall–Kier alpha value is -1.11. The summed E-state index contributed by atoms with van der Waals surface area (Å²) >= 11 is 0. The van der Waals surface area contributed by atoms with Crippen LogP contribution < -0.4 is 10.4 Å². The quantitative estimate of drug-likeness (QED) is 0.716. The van der Waals surface area contributed by atoms with Gasteiger partial charge >= 0.3 is 0 Å². The van der Waals surface area contributed by atoms with Crippen molar-refractivity contribution in [2.75, 3.05) is 0 Å². The summed E-state index contributed by atoms with van der Waals surface area (Å²) in [5.41, 5.74) is 2.33. The smallest absolute Gasteiger partial charge is 0.127 e. The number of fused-ring (bicyclic) bond motifs is 1. The Morgan fingerprint density at radius 2 is 2.06 bits per heavy atom. The van der Waals surface area contributed by atoms with Gasteiger partial charge in [0.05, 0.1) is 0 Å². The van der Waals surface area contributed by atoms with Crippen molar-refractivity contribution in [3.63, 3.8) is 0 Å². The minimum absolute atomic E-state index is 0.0466. The molecule has 0 heterocycles. The van der Waals surface area contributed by atoms with Crippen molar-refractivity contribution in [2.45, 2.75) is 40.0 Å². The van der Waals surface area contributed by atoms with E-state index in [4.69, 9.17) is 0 Å². The van der Waals surface area contributed by atoms with E-state index in [1.165, 1.54) is 16.0 Å². The first-order chi connectivity index (χ1) is 7.65. The lowest BCUT2D eigenvalue weighted by molar-refractivity contribution is 0.608. The minimum Gasteiger partial charge on any atom is -0.207 e. The van der Waals surface area contributed by atoms with Crippen LogP contribution in [-0.4, -0.2) is 0 Å². The normalized spacial score (nSPS) is 14.9. The lowest BCUT2D eigenvalue weighted by atomic mass is 9.88. The third-order valence-electron chi connectivity index (χ3n) is 3.44. The molecule has 86 valence electrons. The first-order valence-electron chi connectivity index (χ1n) is 6.15. The van der Waals surface area contributed by atoms with Gasteiger partial charge in [-0.1, -0.05) is 38.5 Å². The molecule has 1 aliphatic rings. The van der Waals surface area contributed by atoms with E-state index < -0.39 is 0 Å². The molecule has 1 aromatic carbocycles. The molecule has 0 fully saturated rings. The van der Waals surface area contributed by atoms with Crippen LogP contribution in [0.5, 0.6) is 0 Å². The molecule has 0 radical (unpaired) electrons. The fourth-order valence-corrected chi connectivity index (χ4v) is 2.62. The summed E-state index contributed by atoms with van der Waals surface area (Å²) in [4.78, 5) is 0. The SMILES string of the molecule is CCc1c(F)ccc2c1=C(C(C)C)CCC=2. The Labute approximate surface area is 96.5 Å². The predicted molar refractivity (Wildman–Crippen MR) is 67.0 cm³/mol. The molecule has 0 unspecified atom stereocenters. The molecule has 0 saturated carbocycles. The van der Waals surface area contributed by atoms with Crippen molar-refractivity contribution >= 4 is 11.6 Å². The van der Waals surface area contributed by atoms with Crippen LogP contribution in [0.4, 0.5) is 4.39 Å². The average Bonchev–Trinajstić information content (AvgIpc) is 2.28. The molecule has 0 aromatic heterocycles. The Kier molecular flexibility index (Phi) is 3.13. The monoisotopic (exact) mass is 218 g/mol. The van der Waals surface area contributed by atoms with Gasteiger partial charge in [0.15, 0.2) is 0 Å². The maximum Gasteiger partial charge on any atom is 0.127 e. The van der Waals surface area contributed by atoms with Gasteiger partial charge in [-0.15, -0.1) is 0 Å². The van der Waals surface area contributed by atoms with Crippen molar-refractivity contribution in [3.8, 4) is 0 Å². The van der Waals surface area contributed by atoms with Gasteiger partial charge in [-0.3, -0.25) is 0 Å². The summed E-state index contributed by atoms with van der Waals surface area (Å²) in [5.74, 6) is 0.467. The fourth-order valence-electron chi connectivity index (χ4n) is 2.62. The molecule has 0 nitrogen and oxygen atoms in total. The van der Waals surface area contributed by atoms with Crippen LogP contribution in [0.25, 0.3) is 11.6 Å². The summed E-state index contributed by atoms with van der Waals surface area (Å²) < 4.78 is 13.8. The zero-order chi connectivity index (χ0) is 11.7. The van der Waals surface area contributed by atoms with Gasteiger partial charge in [-0.25, -0.2) is 4.39 Å². The van der Waals surface area contributed by atoms with Crippen molar-refractivity contribution < 1.29 is 4.39 Å². The van der Waals surface area contributed by atoms with Crippen LogP contribution in [-0.2, 0) is 6.42 Å². The molecule has 2 rings (SSSR count). The van der Waals surface area contributed by atoms with Gasteiger partial charge in [-0.2, -0.15) is 0 Å². The topological polar surface area (TPSA) is 0 Å².